The highest BCUT2D eigenvalue weighted by Crippen LogP contribution is 2.31. The molecule has 2 amide bonds. The van der Waals surface area contributed by atoms with Gasteiger partial charge in [0.05, 0.1) is 29.5 Å². The molecule has 5 rings (SSSR count). The Balaban J connectivity index is 1.42. The van der Waals surface area contributed by atoms with Gasteiger partial charge >= 0.3 is 6.03 Å². The number of likely N-dealkylation sites (tertiary alicyclic amines) is 1. The zero-order chi connectivity index (χ0) is 25.8. The maximum atomic E-state index is 14.3. The van der Waals surface area contributed by atoms with Gasteiger partial charge in [0.1, 0.15) is 5.82 Å². The van der Waals surface area contributed by atoms with Crippen LogP contribution in [0.5, 0.6) is 0 Å². The van der Waals surface area contributed by atoms with Crippen molar-refractivity contribution < 1.29 is 13.9 Å². The molecule has 1 aromatic heterocycles. The first-order chi connectivity index (χ1) is 18.0. The number of hydrogen-bond acceptors (Lipinski definition) is 4. The first-order valence-electron chi connectivity index (χ1n) is 12.5. The third kappa shape index (κ3) is 5.63. The van der Waals surface area contributed by atoms with E-state index in [9.17, 15) is 9.18 Å². The number of fused-ring (bicyclic) bond motifs is 1. The second kappa shape index (κ2) is 11.1. The van der Waals surface area contributed by atoms with E-state index in [1.807, 2.05) is 48.5 Å². The van der Waals surface area contributed by atoms with Gasteiger partial charge < -0.3 is 15.4 Å². The number of rotatable bonds is 7. The third-order valence-corrected chi connectivity index (χ3v) is 6.94. The molecule has 0 unspecified atom stereocenters. The summed E-state index contributed by atoms with van der Waals surface area (Å²) in [6.45, 7) is 4.72. The van der Waals surface area contributed by atoms with Crippen molar-refractivity contribution in [1.82, 2.24) is 15.2 Å². The van der Waals surface area contributed by atoms with Crippen LogP contribution in [0.2, 0.25) is 0 Å². The highest BCUT2D eigenvalue weighted by molar-refractivity contribution is 5.98. The SMILES string of the molecule is COCCN1C[C@@H](NC(=O)Nc2cc3cc(F)c(C)cc3nc2-c2ccccc2)[C@H](c2ccccc2)C1. The number of hydrogen-bond donors (Lipinski definition) is 2. The fourth-order valence-corrected chi connectivity index (χ4v) is 5.01. The summed E-state index contributed by atoms with van der Waals surface area (Å²) in [5, 5.41) is 6.84. The van der Waals surface area contributed by atoms with Gasteiger partial charge in [0.2, 0.25) is 0 Å². The molecular weight excluding hydrogens is 467 g/mol. The normalized spacial score (nSPS) is 17.7. The number of nitrogens with zero attached hydrogens (tertiary/aromatic N) is 2. The van der Waals surface area contributed by atoms with Crippen LogP contribution in [0.3, 0.4) is 0 Å². The highest BCUT2D eigenvalue weighted by Gasteiger charge is 2.34. The van der Waals surface area contributed by atoms with E-state index in [-0.39, 0.29) is 23.8 Å². The van der Waals surface area contributed by atoms with Crippen LogP contribution in [0, 0.1) is 12.7 Å². The van der Waals surface area contributed by atoms with Crippen LogP contribution in [-0.2, 0) is 4.74 Å². The number of methoxy groups -OCH3 is 1. The molecule has 2 atom stereocenters. The van der Waals surface area contributed by atoms with Gasteiger partial charge in [-0.05, 0) is 36.2 Å². The highest BCUT2D eigenvalue weighted by atomic mass is 19.1. The number of ether oxygens (including phenoxy) is 1. The van der Waals surface area contributed by atoms with Gasteiger partial charge in [-0.3, -0.25) is 4.90 Å². The largest absolute Gasteiger partial charge is 0.383 e. The summed E-state index contributed by atoms with van der Waals surface area (Å²) in [4.78, 5) is 20.5. The van der Waals surface area contributed by atoms with Gasteiger partial charge in [-0.1, -0.05) is 60.7 Å². The summed E-state index contributed by atoms with van der Waals surface area (Å²) in [6, 6.07) is 24.6. The Hall–Kier alpha value is -3.81. The van der Waals surface area contributed by atoms with Crippen molar-refractivity contribution in [2.24, 2.45) is 0 Å². The fourth-order valence-electron chi connectivity index (χ4n) is 5.01. The standard InChI is InChI=1S/C30H31FN4O2/c1-20-15-26-23(16-25(20)31)17-27(29(32-26)22-11-7-4-8-12-22)33-30(36)34-28-19-35(13-14-37-2)18-24(28)21-9-5-3-6-10-21/h3-12,15-17,24,28H,13-14,18-19H2,1-2H3,(H2,33,34,36)/t24-,28+/m0/s1. The van der Waals surface area contributed by atoms with E-state index in [1.165, 1.54) is 11.6 Å². The average Bonchev–Trinajstić information content (AvgIpc) is 3.31. The summed E-state index contributed by atoms with van der Waals surface area (Å²) in [5.74, 6) is -0.144. The first-order valence-corrected chi connectivity index (χ1v) is 12.5. The summed E-state index contributed by atoms with van der Waals surface area (Å²) >= 11 is 0. The number of nitrogens with one attached hydrogen (secondary N) is 2. The minimum atomic E-state index is -0.314. The maximum Gasteiger partial charge on any atom is 0.319 e. The summed E-state index contributed by atoms with van der Waals surface area (Å²) in [6.07, 6.45) is 0. The molecule has 1 aliphatic rings. The van der Waals surface area contributed by atoms with Gasteiger partial charge in [-0.15, -0.1) is 0 Å². The summed E-state index contributed by atoms with van der Waals surface area (Å²) in [7, 11) is 1.70. The first kappa shape index (κ1) is 24.9. The van der Waals surface area contributed by atoms with Gasteiger partial charge in [0, 0.05) is 43.6 Å². The van der Waals surface area contributed by atoms with Gasteiger partial charge in [-0.2, -0.15) is 0 Å². The lowest BCUT2D eigenvalue weighted by molar-refractivity contribution is 0.159. The number of aryl methyl sites for hydroxylation is 1. The Morgan fingerprint density at radius 1 is 1.05 bits per heavy atom. The second-order valence-corrected chi connectivity index (χ2v) is 9.52. The molecule has 0 bridgehead atoms. The van der Waals surface area contributed by atoms with Crippen LogP contribution in [0.4, 0.5) is 14.9 Å². The molecule has 0 aliphatic carbocycles. The molecule has 0 spiro atoms. The zero-order valence-electron chi connectivity index (χ0n) is 21.1. The van der Waals surface area contributed by atoms with Gasteiger partial charge in [0.15, 0.2) is 0 Å². The van der Waals surface area contributed by atoms with Crippen LogP contribution in [0.1, 0.15) is 17.0 Å². The molecule has 1 aliphatic heterocycles. The molecule has 4 aromatic rings. The van der Waals surface area contributed by atoms with Crippen LogP contribution >= 0.6 is 0 Å². The predicted octanol–water partition coefficient (Wildman–Crippen LogP) is 5.59. The Bertz CT molecular complexity index is 1380. The Kier molecular flexibility index (Phi) is 7.44. The molecule has 190 valence electrons. The molecule has 0 radical (unpaired) electrons. The number of amides is 2. The molecule has 6 nitrogen and oxygen atoms in total. The third-order valence-electron chi connectivity index (χ3n) is 6.94. The predicted molar refractivity (Wildman–Crippen MR) is 145 cm³/mol. The zero-order valence-corrected chi connectivity index (χ0v) is 21.1. The number of urea groups is 1. The summed E-state index contributed by atoms with van der Waals surface area (Å²) < 4.78 is 19.6. The van der Waals surface area contributed by atoms with Crippen molar-refractivity contribution >= 4 is 22.6 Å². The molecule has 2 N–H and O–H groups in total. The minimum Gasteiger partial charge on any atom is -0.383 e. The lowest BCUT2D eigenvalue weighted by atomic mass is 9.94. The fraction of sp³-hybridized carbons (Fsp3) is 0.267. The monoisotopic (exact) mass is 498 g/mol. The number of pyridine rings is 1. The van der Waals surface area contributed by atoms with E-state index < -0.39 is 0 Å². The van der Waals surface area contributed by atoms with E-state index in [0.29, 0.717) is 34.5 Å². The van der Waals surface area contributed by atoms with Crippen molar-refractivity contribution in [2.75, 3.05) is 38.7 Å². The second-order valence-electron chi connectivity index (χ2n) is 9.52. The topological polar surface area (TPSA) is 66.5 Å². The van der Waals surface area contributed by atoms with E-state index in [1.54, 1.807) is 26.2 Å². The molecule has 0 saturated carbocycles. The van der Waals surface area contributed by atoms with Crippen LogP contribution in [0.25, 0.3) is 22.2 Å². The summed E-state index contributed by atoms with van der Waals surface area (Å²) in [5.41, 5.74) is 4.44. The van der Waals surface area contributed by atoms with Crippen LogP contribution in [0.15, 0.2) is 78.9 Å². The molecule has 1 saturated heterocycles. The number of carbonyl (C=O) groups is 1. The van der Waals surface area contributed by atoms with Crippen LogP contribution in [-0.4, -0.2) is 55.3 Å². The van der Waals surface area contributed by atoms with Crippen molar-refractivity contribution in [3.8, 4) is 11.3 Å². The van der Waals surface area contributed by atoms with Crippen molar-refractivity contribution in [2.45, 2.75) is 18.9 Å². The van der Waals surface area contributed by atoms with E-state index in [0.717, 1.165) is 25.2 Å². The van der Waals surface area contributed by atoms with E-state index in [4.69, 9.17) is 9.72 Å². The quantitative estimate of drug-likeness (QED) is 0.349. The number of benzene rings is 3. The Morgan fingerprint density at radius 2 is 1.78 bits per heavy atom. The average molecular weight is 499 g/mol. The number of anilines is 1. The van der Waals surface area contributed by atoms with Crippen molar-refractivity contribution in [1.29, 1.82) is 0 Å². The van der Waals surface area contributed by atoms with E-state index >= 15 is 0 Å². The molecular formula is C30H31FN4O2. The van der Waals surface area contributed by atoms with Crippen molar-refractivity contribution in [3.63, 3.8) is 0 Å². The number of carbonyl (C=O) groups excluding carboxylic acids is 1. The maximum absolute atomic E-state index is 14.3. The van der Waals surface area contributed by atoms with Crippen LogP contribution < -0.4 is 10.6 Å². The van der Waals surface area contributed by atoms with E-state index in [2.05, 4.69) is 27.7 Å². The molecule has 2 heterocycles. The molecule has 7 heteroatoms. The minimum absolute atomic E-state index is 0.0760. The molecule has 37 heavy (non-hydrogen) atoms. The van der Waals surface area contributed by atoms with Gasteiger partial charge in [0.25, 0.3) is 0 Å². The number of aromatic nitrogens is 1. The van der Waals surface area contributed by atoms with Crippen molar-refractivity contribution in [3.05, 3.63) is 95.8 Å². The Labute approximate surface area is 216 Å². The molecule has 3 aromatic carbocycles. The lowest BCUT2D eigenvalue weighted by Gasteiger charge is -2.21. The number of halogens is 1. The van der Waals surface area contributed by atoms with Gasteiger partial charge in [-0.25, -0.2) is 14.2 Å². The smallest absolute Gasteiger partial charge is 0.319 e. The molecule has 1 fully saturated rings. The lowest BCUT2D eigenvalue weighted by Crippen LogP contribution is -2.42. The Morgan fingerprint density at radius 3 is 2.51 bits per heavy atom.